The van der Waals surface area contributed by atoms with Gasteiger partial charge >= 0.3 is 0 Å². The van der Waals surface area contributed by atoms with Crippen molar-refractivity contribution in [2.24, 2.45) is 0 Å². The van der Waals surface area contributed by atoms with E-state index in [-0.39, 0.29) is 0 Å². The van der Waals surface area contributed by atoms with Crippen molar-refractivity contribution in [3.8, 4) is 5.88 Å². The highest BCUT2D eigenvalue weighted by atomic mass is 16.5. The molecule has 0 aromatic carbocycles. The van der Waals surface area contributed by atoms with Crippen LogP contribution >= 0.6 is 0 Å². The van der Waals surface area contributed by atoms with Crippen molar-refractivity contribution in [2.45, 2.75) is 31.3 Å². The Bertz CT molecular complexity index is 438. The lowest BCUT2D eigenvalue weighted by Gasteiger charge is -2.22. The Morgan fingerprint density at radius 2 is 2.28 bits per heavy atom. The first-order valence-corrected chi connectivity index (χ1v) is 6.44. The fourth-order valence-corrected chi connectivity index (χ4v) is 3.08. The minimum absolute atomic E-state index is 0.439. The minimum atomic E-state index is 0.439. The van der Waals surface area contributed by atoms with Gasteiger partial charge in [-0.25, -0.2) is 4.98 Å². The van der Waals surface area contributed by atoms with Gasteiger partial charge in [-0.05, 0) is 25.8 Å². The van der Waals surface area contributed by atoms with Crippen LogP contribution in [0.25, 0.3) is 0 Å². The first-order valence-electron chi connectivity index (χ1n) is 6.44. The average Bonchev–Trinajstić information content (AvgIpc) is 2.96. The van der Waals surface area contributed by atoms with Gasteiger partial charge in [-0.3, -0.25) is 4.90 Å². The molecular formula is C12H19N5O. The van der Waals surface area contributed by atoms with Gasteiger partial charge in [0, 0.05) is 18.6 Å². The van der Waals surface area contributed by atoms with Crippen molar-refractivity contribution in [2.75, 3.05) is 31.2 Å². The molecule has 2 aliphatic rings. The van der Waals surface area contributed by atoms with Crippen LogP contribution in [0.4, 0.5) is 11.5 Å². The normalized spacial score (nSPS) is 27.2. The predicted octanol–water partition coefficient (Wildman–Crippen LogP) is 0.716. The fraction of sp³-hybridized carbons (Fsp3) is 0.667. The minimum Gasteiger partial charge on any atom is -0.479 e. The molecular weight excluding hydrogens is 230 g/mol. The molecule has 1 aromatic heterocycles. The Morgan fingerprint density at radius 3 is 3.11 bits per heavy atom. The zero-order valence-electron chi connectivity index (χ0n) is 10.6. The van der Waals surface area contributed by atoms with Crippen molar-refractivity contribution in [1.29, 1.82) is 0 Å². The number of nitrogens with one attached hydrogen (secondary N) is 1. The Morgan fingerprint density at radius 1 is 1.39 bits per heavy atom. The van der Waals surface area contributed by atoms with E-state index in [1.807, 2.05) is 0 Å². The van der Waals surface area contributed by atoms with Gasteiger partial charge in [0.25, 0.3) is 0 Å². The first kappa shape index (κ1) is 11.5. The van der Waals surface area contributed by atoms with Crippen molar-refractivity contribution in [3.05, 3.63) is 6.33 Å². The Labute approximate surface area is 107 Å². The quantitative estimate of drug-likeness (QED) is 0.822. The molecule has 0 radical (unpaired) electrons. The molecule has 2 atom stereocenters. The second-order valence-corrected chi connectivity index (χ2v) is 4.93. The molecule has 2 fully saturated rings. The van der Waals surface area contributed by atoms with Crippen LogP contribution in [0.3, 0.4) is 0 Å². The van der Waals surface area contributed by atoms with Crippen molar-refractivity contribution in [3.63, 3.8) is 0 Å². The van der Waals surface area contributed by atoms with E-state index in [4.69, 9.17) is 10.5 Å². The Kier molecular flexibility index (Phi) is 2.95. The highest BCUT2D eigenvalue weighted by Gasteiger charge is 2.37. The second kappa shape index (κ2) is 4.61. The molecule has 0 bridgehead atoms. The molecule has 2 aliphatic heterocycles. The summed E-state index contributed by atoms with van der Waals surface area (Å²) in [5.41, 5.74) is 6.48. The van der Waals surface area contributed by atoms with Crippen molar-refractivity contribution in [1.82, 2.24) is 14.9 Å². The number of ether oxygens (including phenoxy) is 1. The number of methoxy groups -OCH3 is 1. The lowest BCUT2D eigenvalue weighted by molar-refractivity contribution is 0.318. The first-order chi connectivity index (χ1) is 8.79. The van der Waals surface area contributed by atoms with Crippen LogP contribution in [0.2, 0.25) is 0 Å². The molecule has 6 heteroatoms. The molecule has 18 heavy (non-hydrogen) atoms. The summed E-state index contributed by atoms with van der Waals surface area (Å²) in [7, 11) is 1.57. The molecule has 3 rings (SSSR count). The van der Waals surface area contributed by atoms with Crippen LogP contribution in [0.1, 0.15) is 19.3 Å². The zero-order chi connectivity index (χ0) is 12.5. The van der Waals surface area contributed by atoms with Crippen LogP contribution in [0, 0.1) is 0 Å². The maximum atomic E-state index is 5.98. The number of rotatable bonds is 3. The molecule has 1 aromatic rings. The number of anilines is 2. The standard InChI is InChI=1S/C12H19N5O/c1-18-12-10(13)11(14-7-15-12)16-8-4-6-17-5-2-3-9(8)17/h7-9H,2-6,13H2,1H3,(H,14,15,16). The molecule has 0 spiro atoms. The third kappa shape index (κ3) is 1.86. The summed E-state index contributed by atoms with van der Waals surface area (Å²) in [6, 6.07) is 1.07. The van der Waals surface area contributed by atoms with Gasteiger partial charge in [0.1, 0.15) is 12.0 Å². The van der Waals surface area contributed by atoms with Gasteiger partial charge < -0.3 is 15.8 Å². The van der Waals surface area contributed by atoms with Gasteiger partial charge in [-0.15, -0.1) is 0 Å². The number of hydrogen-bond acceptors (Lipinski definition) is 6. The van der Waals surface area contributed by atoms with Crippen molar-refractivity contribution >= 4 is 11.5 Å². The second-order valence-electron chi connectivity index (χ2n) is 4.93. The highest BCUT2D eigenvalue weighted by molar-refractivity contribution is 5.66. The number of hydrogen-bond donors (Lipinski definition) is 2. The maximum absolute atomic E-state index is 5.98. The number of nitrogen functional groups attached to an aromatic ring is 1. The van der Waals surface area contributed by atoms with E-state index >= 15 is 0 Å². The molecule has 2 saturated heterocycles. The number of nitrogens with zero attached hydrogens (tertiary/aromatic N) is 3. The highest BCUT2D eigenvalue weighted by Crippen LogP contribution is 2.32. The molecule has 0 amide bonds. The molecule has 0 aliphatic carbocycles. The topological polar surface area (TPSA) is 76.3 Å². The van der Waals surface area contributed by atoms with Crippen LogP contribution in [0.5, 0.6) is 5.88 Å². The zero-order valence-corrected chi connectivity index (χ0v) is 10.6. The molecule has 6 nitrogen and oxygen atoms in total. The van der Waals surface area contributed by atoms with Gasteiger partial charge in [-0.2, -0.15) is 4.98 Å². The number of nitrogens with two attached hydrogens (primary N) is 1. The summed E-state index contributed by atoms with van der Waals surface area (Å²) in [4.78, 5) is 10.8. The van der Waals surface area contributed by atoms with Gasteiger partial charge in [0.05, 0.1) is 7.11 Å². The lowest BCUT2D eigenvalue weighted by atomic mass is 10.1. The number of aromatic nitrogens is 2. The van der Waals surface area contributed by atoms with E-state index < -0.39 is 0 Å². The third-order valence-corrected chi connectivity index (χ3v) is 3.97. The largest absolute Gasteiger partial charge is 0.479 e. The third-order valence-electron chi connectivity index (χ3n) is 3.97. The van der Waals surface area contributed by atoms with E-state index in [1.54, 1.807) is 7.11 Å². The summed E-state index contributed by atoms with van der Waals surface area (Å²) in [6.07, 6.45) is 5.19. The summed E-state index contributed by atoms with van der Waals surface area (Å²) in [5, 5.41) is 3.46. The van der Waals surface area contributed by atoms with Crippen LogP contribution < -0.4 is 15.8 Å². The van der Waals surface area contributed by atoms with E-state index in [1.165, 1.54) is 32.3 Å². The molecule has 2 unspecified atom stereocenters. The van der Waals surface area contributed by atoms with Crippen LogP contribution in [-0.4, -0.2) is 47.2 Å². The van der Waals surface area contributed by atoms with Gasteiger partial charge in [0.2, 0.25) is 5.88 Å². The number of fused-ring (bicyclic) bond motifs is 1. The Hall–Kier alpha value is -1.56. The monoisotopic (exact) mass is 249 g/mol. The van der Waals surface area contributed by atoms with E-state index in [2.05, 4.69) is 20.2 Å². The SMILES string of the molecule is COc1ncnc(NC2CCN3CCCC23)c1N. The van der Waals surface area contributed by atoms with E-state index in [9.17, 15) is 0 Å². The van der Waals surface area contributed by atoms with Crippen molar-refractivity contribution < 1.29 is 4.74 Å². The summed E-state index contributed by atoms with van der Waals surface area (Å²) >= 11 is 0. The summed E-state index contributed by atoms with van der Waals surface area (Å²) in [6.45, 7) is 2.40. The predicted molar refractivity (Wildman–Crippen MR) is 69.6 cm³/mol. The molecule has 98 valence electrons. The van der Waals surface area contributed by atoms with Crippen LogP contribution in [-0.2, 0) is 0 Å². The summed E-state index contributed by atoms with van der Waals surface area (Å²) < 4.78 is 5.11. The maximum Gasteiger partial charge on any atom is 0.242 e. The Balaban J connectivity index is 1.76. The van der Waals surface area contributed by atoms with Gasteiger partial charge in [0.15, 0.2) is 5.82 Å². The summed E-state index contributed by atoms with van der Waals surface area (Å²) in [5.74, 6) is 1.13. The van der Waals surface area contributed by atoms with Gasteiger partial charge in [-0.1, -0.05) is 0 Å². The molecule has 3 N–H and O–H groups in total. The lowest BCUT2D eigenvalue weighted by Crippen LogP contribution is -2.34. The van der Waals surface area contributed by atoms with E-state index in [0.29, 0.717) is 29.5 Å². The van der Waals surface area contributed by atoms with Crippen LogP contribution in [0.15, 0.2) is 6.33 Å². The fourth-order valence-electron chi connectivity index (χ4n) is 3.08. The molecule has 0 saturated carbocycles. The van der Waals surface area contributed by atoms with E-state index in [0.717, 1.165) is 6.42 Å². The average molecular weight is 249 g/mol. The smallest absolute Gasteiger partial charge is 0.242 e. The molecule has 3 heterocycles.